The molecule has 0 aromatic rings. The van der Waals surface area contributed by atoms with Gasteiger partial charge in [0.25, 0.3) is 0 Å². The number of ketones is 2. The fourth-order valence-corrected chi connectivity index (χ4v) is 8.46. The third-order valence-corrected chi connectivity index (χ3v) is 13.4. The quantitative estimate of drug-likeness (QED) is 0.0544. The molecule has 10 radical (unpaired) electrons. The molecular weight excluding hydrogens is 1820 g/mol. The minimum Gasteiger partial charge on any atom is -0.512 e. The van der Waals surface area contributed by atoms with Crippen LogP contribution >= 0.6 is 69.6 Å². The first-order valence-corrected chi connectivity index (χ1v) is 42.1. The molecule has 5 aliphatic rings. The Balaban J connectivity index is -0.0000000291. The third kappa shape index (κ3) is 206. The molecule has 5 heterocycles. The van der Waals surface area contributed by atoms with Gasteiger partial charge in [0, 0.05) is 199 Å². The number of rotatable bonds is 19. The van der Waals surface area contributed by atoms with Crippen molar-refractivity contribution in [2.45, 2.75) is 281 Å². The van der Waals surface area contributed by atoms with Crippen LogP contribution in [0.1, 0.15) is 262 Å². The summed E-state index contributed by atoms with van der Waals surface area (Å²) in [5.41, 5.74) is 0. The van der Waals surface area contributed by atoms with E-state index in [1.54, 1.807) is 13.0 Å². The number of nitriles is 1. The monoisotopic (exact) mass is 2000 g/mol. The van der Waals surface area contributed by atoms with Crippen molar-refractivity contribution in [2.24, 2.45) is 0 Å². The second-order valence-corrected chi connectivity index (χ2v) is 21.4. The summed E-state index contributed by atoms with van der Waals surface area (Å²) in [4.78, 5) is 34.9. The van der Waals surface area contributed by atoms with Gasteiger partial charge in [-0.25, -0.2) is 0 Å². The number of alkyl halides is 6. The average Bonchev–Trinajstić information content (AvgIpc) is 0.938. The second kappa shape index (κ2) is 217. The summed E-state index contributed by atoms with van der Waals surface area (Å²) in [6, 6.07) is 3.60. The topological polar surface area (TPSA) is 181 Å². The van der Waals surface area contributed by atoms with E-state index in [1.165, 1.54) is 169 Å². The Hall–Kier alpha value is 5.70. The summed E-state index contributed by atoms with van der Waals surface area (Å²) in [7, 11) is 1.00. The number of nitrogens with one attached hydrogen (secondary N) is 3. The van der Waals surface area contributed by atoms with Crippen LogP contribution in [0.5, 0.6) is 0 Å². The van der Waals surface area contributed by atoms with Gasteiger partial charge in [0.05, 0.1) is 29.2 Å². The molecule has 15 nitrogen and oxygen atoms in total. The van der Waals surface area contributed by atoms with E-state index in [9.17, 15) is 9.59 Å². The number of carbonyl (C=O) groups excluding carboxylic acids is 2. The molecule has 0 bridgehead atoms. The fraction of sp³-hybridized carbons (Fsp3) is 0.840. The number of likely N-dealkylation sites (tertiary alicyclic amines) is 4. The van der Waals surface area contributed by atoms with Gasteiger partial charge in [-0.1, -0.05) is 157 Å². The van der Waals surface area contributed by atoms with Crippen LogP contribution in [-0.2, 0) is 140 Å². The van der Waals surface area contributed by atoms with Crippen LogP contribution < -0.4 is 75.1 Å². The summed E-state index contributed by atoms with van der Waals surface area (Å²) in [6.45, 7) is 109. The van der Waals surface area contributed by atoms with Crippen LogP contribution in [0, 0.1) is 90.4 Å². The first-order chi connectivity index (χ1) is 49.5. The summed E-state index contributed by atoms with van der Waals surface area (Å²) >= 11 is 29.8. The summed E-state index contributed by atoms with van der Waals surface area (Å²) in [5.74, 6) is 1.23. The number of nitrogens with zero attached hydrogens (tertiary/aromatic N) is 9. The molecule has 5 fully saturated rings. The van der Waals surface area contributed by atoms with E-state index < -0.39 is 0 Å². The van der Waals surface area contributed by atoms with Crippen molar-refractivity contribution in [3.05, 3.63) is 68.5 Å². The van der Waals surface area contributed by atoms with E-state index in [0.717, 1.165) is 85.0 Å². The first-order valence-electron chi connectivity index (χ1n) is 38.9. The maximum atomic E-state index is 10.7. The molecule has 4 N–H and O–H groups in total. The van der Waals surface area contributed by atoms with Crippen LogP contribution in [0.2, 0.25) is 0 Å². The van der Waals surface area contributed by atoms with Crippen molar-refractivity contribution in [3.63, 3.8) is 0 Å². The number of aliphatic hydroxyl groups excluding tert-OH is 1. The molecule has 110 heavy (non-hydrogen) atoms. The third-order valence-electron chi connectivity index (χ3n) is 12.6. The smallest absolute Gasteiger partial charge is 0.512 e. The summed E-state index contributed by atoms with van der Waals surface area (Å²) in [5, 5.41) is 36.3. The van der Waals surface area contributed by atoms with E-state index >= 15 is 0 Å². The molecule has 0 aromatic heterocycles. The molecule has 3 unspecified atom stereocenters. The number of halogens is 6. The Morgan fingerprint density at radius 2 is 0.682 bits per heavy atom. The molecular formula is C81H178B2Cl6N12Na2O3Y4-8. The molecule has 5 rings (SSSR count). The molecule has 0 aromatic carbocycles. The van der Waals surface area contributed by atoms with Crippen molar-refractivity contribution in [2.75, 3.05) is 167 Å². The predicted octanol–water partition coefficient (Wildman–Crippen LogP) is 14.5. The number of piperidine rings is 5. The zero-order valence-corrected chi connectivity index (χ0v) is 97.6. The maximum absolute atomic E-state index is 10.7. The van der Waals surface area contributed by atoms with Gasteiger partial charge in [0.2, 0.25) is 0 Å². The Kier molecular flexibility index (Phi) is 373. The normalized spacial score (nSPS) is 13.0. The SMILES string of the molecule is C1CCNCC1.CC.CC.CC.CC.CC.CC.CC.CC.CC.CC#N.CC(=O)CCl.CC(=O)CN1CCCCC1.CC(CCl)N1CCCCC1.CO.ClCCl.ClCCl.[B].[B].[C-]#N.[C-]#N.[CH2-]CN(C[CH2-])C(C)CN1CCCCC1.[CH2-]CN(C[CH2-])CC(C)N1CCCCC1.[CH2-]CNC[CH2-].[CH2-]CNC[CH2-].[Na+].[Na+].[Y].[Y].[Y].[Y]. The summed E-state index contributed by atoms with van der Waals surface area (Å²) in [6.07, 6.45) is 20.6. The van der Waals surface area contributed by atoms with E-state index in [2.05, 4.69) is 122 Å². The van der Waals surface area contributed by atoms with Crippen molar-refractivity contribution in [3.8, 4) is 6.07 Å². The largest absolute Gasteiger partial charge is 1.00 e. The molecule has 5 aliphatic heterocycles. The van der Waals surface area contributed by atoms with Gasteiger partial charge in [-0.15, -0.1) is 122 Å². The van der Waals surface area contributed by atoms with Crippen molar-refractivity contribution >= 4 is 98.0 Å². The molecule has 0 spiro atoms. The van der Waals surface area contributed by atoms with Gasteiger partial charge in [-0.05, 0) is 164 Å². The van der Waals surface area contributed by atoms with E-state index in [-0.39, 0.29) is 229 Å². The average molecular weight is 2000 g/mol. The number of carbonyl (C=O) groups is 2. The minimum atomic E-state index is 0. The van der Waals surface area contributed by atoms with Crippen LogP contribution in [0.4, 0.5) is 0 Å². The maximum Gasteiger partial charge on any atom is 1.00 e. The van der Waals surface area contributed by atoms with E-state index in [4.69, 9.17) is 104 Å². The predicted molar refractivity (Wildman–Crippen MR) is 482 cm³/mol. The number of hydrogen-bond acceptors (Lipinski definition) is 15. The Bertz CT molecular complexity index is 1300. The van der Waals surface area contributed by atoms with Gasteiger partial charge in [0.1, 0.15) is 11.6 Å². The van der Waals surface area contributed by atoms with Crippen LogP contribution in [0.15, 0.2) is 0 Å². The Morgan fingerprint density at radius 1 is 0.455 bits per heavy atom. The summed E-state index contributed by atoms with van der Waals surface area (Å²) < 4.78 is 0. The molecule has 0 amide bonds. The number of hydrogen-bond donors (Lipinski definition) is 4. The van der Waals surface area contributed by atoms with Crippen molar-refractivity contribution < 1.29 is 205 Å². The fourth-order valence-electron chi connectivity index (χ4n) is 8.27. The zero-order chi connectivity index (χ0) is 84.5. The van der Waals surface area contributed by atoms with Gasteiger partial charge >= 0.3 is 59.1 Å². The minimum absolute atomic E-state index is 0. The second-order valence-electron chi connectivity index (χ2n) is 19.2. The number of aliphatic hydroxyl groups is 1. The van der Waals surface area contributed by atoms with Crippen LogP contribution in [0.3, 0.4) is 0 Å². The van der Waals surface area contributed by atoms with Crippen LogP contribution in [-0.4, -0.2) is 248 Å². The molecule has 0 saturated carbocycles. The standard InChI is InChI=1S/2C12H24N2.C8H16ClN.C8H15NO.C5H11N.2C4H9N.C3H5ClO.C2H3N.9C2H6.2CH2Cl2.2CN.CH4O.2B.2Na.4Y/c1-4-14(5-2)12(3)11-13-9-7-6-8-10-13;1-4-13(5-2)11-12(3)14-9-7-6-8-10-14;1-8(7-9)10-5-3-2-4-6-10;1-8(10)7-9-5-3-2-4-6-9;1-2-4-6-5-3-1;2*1-3-5-4-2;1-3(5)2-4;1-2-3;9*1-2;2*2-1-3;3*1-2;;;;;;;;/h2*12H,1-2,4-11H2,3H3;8H,2-7H2,1H3;2-7H2,1H3;6H,1-5H2;2*5H,1-4H2;2H2,1H3;1H3;9*1-2H3;2*1H2;;;2H,1H3;;;;;;;;/q2*-2;;;;2*-2;;;;;;;;;;;;;;2*-1;;;;2*+1;;;;. The van der Waals surface area contributed by atoms with E-state index in [0.29, 0.717) is 30.5 Å². The molecule has 5 saturated heterocycles. The Morgan fingerprint density at radius 3 is 0.855 bits per heavy atom. The van der Waals surface area contributed by atoms with Crippen molar-refractivity contribution in [1.82, 2.24) is 45.3 Å². The van der Waals surface area contributed by atoms with E-state index in [1.807, 2.05) is 125 Å². The molecule has 0 aliphatic carbocycles. The molecule has 3 atom stereocenters. The zero-order valence-electron chi connectivity index (χ0n) is 77.7. The Labute approximate surface area is 873 Å². The van der Waals surface area contributed by atoms with Crippen molar-refractivity contribution in [1.29, 1.82) is 15.8 Å². The van der Waals surface area contributed by atoms with Crippen LogP contribution in [0.25, 0.3) is 0 Å². The molecule has 29 heteroatoms. The van der Waals surface area contributed by atoms with Gasteiger partial charge in [-0.2, -0.15) is 5.26 Å². The van der Waals surface area contributed by atoms with Gasteiger partial charge in [-0.3, -0.25) is 24.3 Å². The van der Waals surface area contributed by atoms with Gasteiger partial charge < -0.3 is 115 Å². The molecule has 650 valence electrons. The first kappa shape index (κ1) is 189. The van der Waals surface area contributed by atoms with Gasteiger partial charge in [0.15, 0.2) is 0 Å². The number of Topliss-reactive ketones (excluding diaryl/α,β-unsaturated/α-hetero) is 2.